The third kappa shape index (κ3) is 5.42. The number of hydrogen-bond donors (Lipinski definition) is 1. The van der Waals surface area contributed by atoms with Crippen molar-refractivity contribution < 1.29 is 9.85 Å². The van der Waals surface area contributed by atoms with Gasteiger partial charge in [-0.3, -0.25) is 25.7 Å². The predicted octanol–water partition coefficient (Wildman–Crippen LogP) is 6.62. The normalized spacial score (nSPS) is 17.1. The van der Waals surface area contributed by atoms with Crippen molar-refractivity contribution in [1.82, 2.24) is 0 Å². The van der Waals surface area contributed by atoms with E-state index >= 15 is 0 Å². The van der Waals surface area contributed by atoms with Crippen LogP contribution in [0.3, 0.4) is 0 Å². The summed E-state index contributed by atoms with van der Waals surface area (Å²) in [6, 6.07) is 23.3. The van der Waals surface area contributed by atoms with Crippen LogP contribution in [-0.4, -0.2) is 15.6 Å². The number of nitrogens with zero attached hydrogens (tertiary/aromatic N) is 3. The van der Waals surface area contributed by atoms with E-state index in [1.54, 1.807) is 0 Å². The molecule has 1 N–H and O–H groups in total. The van der Waals surface area contributed by atoms with Gasteiger partial charge in [-0.25, -0.2) is 0 Å². The van der Waals surface area contributed by atoms with E-state index < -0.39 is 15.5 Å². The zero-order valence-corrected chi connectivity index (χ0v) is 18.3. The fourth-order valence-electron chi connectivity index (χ4n) is 3.83. The molecule has 3 aromatic rings. The second kappa shape index (κ2) is 10.4. The second-order valence-electron chi connectivity index (χ2n) is 7.80. The van der Waals surface area contributed by atoms with Gasteiger partial charge in [0.25, 0.3) is 5.69 Å². The summed E-state index contributed by atoms with van der Waals surface area (Å²) < 4.78 is 0. The molecular formula is C26H22N4O4. The maximum absolute atomic E-state index is 11.5. The van der Waals surface area contributed by atoms with Crippen LogP contribution in [0.25, 0.3) is 12.2 Å². The lowest BCUT2D eigenvalue weighted by atomic mass is 9.86. The van der Waals surface area contributed by atoms with E-state index in [4.69, 9.17) is 0 Å². The van der Waals surface area contributed by atoms with Crippen molar-refractivity contribution in [1.29, 1.82) is 0 Å². The minimum Gasteiger partial charge on any atom is -0.271 e. The molecule has 0 saturated heterocycles. The number of anilines is 1. The van der Waals surface area contributed by atoms with Crippen molar-refractivity contribution in [2.75, 3.05) is 5.43 Å². The molecule has 0 amide bonds. The van der Waals surface area contributed by atoms with Crippen LogP contribution in [0.5, 0.6) is 0 Å². The molecule has 1 aliphatic rings. The quantitative estimate of drug-likeness (QED) is 0.332. The van der Waals surface area contributed by atoms with E-state index in [1.165, 1.54) is 12.1 Å². The van der Waals surface area contributed by atoms with Gasteiger partial charge in [0.05, 0.1) is 21.6 Å². The Morgan fingerprint density at radius 2 is 1.32 bits per heavy atom. The molecule has 0 bridgehead atoms. The number of non-ortho nitro benzene ring substituents is 1. The van der Waals surface area contributed by atoms with E-state index in [0.29, 0.717) is 5.71 Å². The van der Waals surface area contributed by atoms with Crippen molar-refractivity contribution in [3.8, 4) is 0 Å². The van der Waals surface area contributed by atoms with Crippen molar-refractivity contribution in [2.24, 2.45) is 5.10 Å². The number of hydrogen-bond acceptors (Lipinski definition) is 6. The highest BCUT2D eigenvalue weighted by atomic mass is 16.6. The molecule has 170 valence electrons. The number of benzene rings is 3. The van der Waals surface area contributed by atoms with Gasteiger partial charge in [-0.05, 0) is 59.8 Å². The molecular weight excluding hydrogens is 432 g/mol. The first-order chi connectivity index (χ1) is 16.5. The second-order valence-corrected chi connectivity index (χ2v) is 7.80. The van der Waals surface area contributed by atoms with Crippen LogP contribution in [0, 0.1) is 20.2 Å². The molecule has 4 rings (SSSR count). The Morgan fingerprint density at radius 1 is 0.765 bits per heavy atom. The summed E-state index contributed by atoms with van der Waals surface area (Å²) in [4.78, 5) is 21.3. The molecule has 3 aromatic carbocycles. The van der Waals surface area contributed by atoms with Gasteiger partial charge in [0.2, 0.25) is 0 Å². The monoisotopic (exact) mass is 454 g/mol. The summed E-state index contributed by atoms with van der Waals surface area (Å²) in [5.74, 6) is 0. The highest BCUT2D eigenvalue weighted by molar-refractivity contribution is 6.17. The molecule has 0 aromatic heterocycles. The molecule has 0 aliphatic heterocycles. The van der Waals surface area contributed by atoms with Crippen molar-refractivity contribution in [3.63, 3.8) is 0 Å². The molecule has 8 nitrogen and oxygen atoms in total. The Kier molecular flexibility index (Phi) is 6.88. The molecule has 0 radical (unpaired) electrons. The minimum atomic E-state index is -0.661. The Labute approximate surface area is 196 Å². The molecule has 1 aliphatic carbocycles. The zero-order valence-electron chi connectivity index (χ0n) is 18.3. The van der Waals surface area contributed by atoms with Gasteiger partial charge in [-0.1, -0.05) is 60.7 Å². The first-order valence-corrected chi connectivity index (χ1v) is 10.8. The molecule has 8 heteroatoms. The molecule has 0 spiro atoms. The fraction of sp³-hybridized carbons (Fsp3) is 0.115. The number of hydrazone groups is 1. The van der Waals surface area contributed by atoms with Gasteiger partial charge < -0.3 is 0 Å². The number of nitro groups is 2. The van der Waals surface area contributed by atoms with E-state index in [2.05, 4.69) is 22.7 Å². The largest absolute Gasteiger partial charge is 0.301 e. The molecule has 1 saturated carbocycles. The maximum atomic E-state index is 11.5. The van der Waals surface area contributed by atoms with Gasteiger partial charge in [0, 0.05) is 6.07 Å². The van der Waals surface area contributed by atoms with E-state index in [1.807, 2.05) is 60.7 Å². The van der Waals surface area contributed by atoms with Crippen LogP contribution in [-0.2, 0) is 0 Å². The van der Waals surface area contributed by atoms with Gasteiger partial charge >= 0.3 is 5.69 Å². The number of nitrogens with one attached hydrogen (secondary N) is 1. The third-order valence-corrected chi connectivity index (χ3v) is 5.46. The molecule has 1 fully saturated rings. The van der Waals surface area contributed by atoms with Gasteiger partial charge in [0.1, 0.15) is 5.69 Å². The number of rotatable bonds is 6. The van der Waals surface area contributed by atoms with Crippen LogP contribution in [0.4, 0.5) is 17.1 Å². The minimum absolute atomic E-state index is 0.0896. The van der Waals surface area contributed by atoms with Crippen LogP contribution in [0.15, 0.2) is 95.1 Å². The summed E-state index contributed by atoms with van der Waals surface area (Å²) in [6.07, 6.45) is 6.72. The van der Waals surface area contributed by atoms with E-state index in [0.717, 1.165) is 47.6 Å². The van der Waals surface area contributed by atoms with Crippen LogP contribution in [0.1, 0.15) is 30.4 Å². The highest BCUT2D eigenvalue weighted by Crippen LogP contribution is 2.32. The van der Waals surface area contributed by atoms with E-state index in [9.17, 15) is 20.2 Å². The Morgan fingerprint density at radius 3 is 1.82 bits per heavy atom. The Bertz CT molecular complexity index is 1240. The lowest BCUT2D eigenvalue weighted by Crippen LogP contribution is -2.15. The summed E-state index contributed by atoms with van der Waals surface area (Å²) in [5.41, 5.74) is 6.94. The number of allylic oxidation sites excluding steroid dienone is 2. The Balaban J connectivity index is 1.77. The topological polar surface area (TPSA) is 111 Å². The zero-order chi connectivity index (χ0) is 23.9. The first kappa shape index (κ1) is 22.6. The molecule has 0 heterocycles. The summed E-state index contributed by atoms with van der Waals surface area (Å²) >= 11 is 0. The first-order valence-electron chi connectivity index (χ1n) is 10.8. The van der Waals surface area contributed by atoms with E-state index in [-0.39, 0.29) is 11.4 Å². The third-order valence-electron chi connectivity index (χ3n) is 5.46. The highest BCUT2D eigenvalue weighted by Gasteiger charge is 2.22. The van der Waals surface area contributed by atoms with Crippen LogP contribution < -0.4 is 5.43 Å². The smallest absolute Gasteiger partial charge is 0.271 e. The SMILES string of the molecule is O=[N+]([O-])c1ccc(NN=C2/C(=C\c3ccccc3)CCC/C2=C\c2ccccc2)c([N+](=O)[O-])c1. The van der Waals surface area contributed by atoms with Crippen LogP contribution in [0.2, 0.25) is 0 Å². The maximum Gasteiger partial charge on any atom is 0.301 e. The Hall–Kier alpha value is -4.59. The molecule has 0 unspecified atom stereocenters. The molecule has 34 heavy (non-hydrogen) atoms. The summed E-state index contributed by atoms with van der Waals surface area (Å²) in [6.45, 7) is 0. The lowest BCUT2D eigenvalue weighted by Gasteiger charge is -2.21. The summed E-state index contributed by atoms with van der Waals surface area (Å²) in [5, 5.41) is 27.2. The fourth-order valence-corrected chi connectivity index (χ4v) is 3.83. The average molecular weight is 454 g/mol. The van der Waals surface area contributed by atoms with Crippen LogP contribution >= 0.6 is 0 Å². The standard InChI is InChI=1S/C26H22N4O4/c31-29(32)23-14-15-24(25(18-23)30(33)34)27-28-26-21(16-19-8-3-1-4-9-19)12-7-13-22(26)17-20-10-5-2-6-11-20/h1-6,8-11,14-18,27H,7,12-13H2/b21-16-,22-17+,28-26?. The number of nitro benzene ring substituents is 2. The summed E-state index contributed by atoms with van der Waals surface area (Å²) in [7, 11) is 0. The van der Waals surface area contributed by atoms with Crippen molar-refractivity contribution >= 4 is 34.9 Å². The lowest BCUT2D eigenvalue weighted by molar-refractivity contribution is -0.393. The molecule has 0 atom stereocenters. The predicted molar refractivity (Wildman–Crippen MR) is 133 cm³/mol. The van der Waals surface area contributed by atoms with Crippen molar-refractivity contribution in [2.45, 2.75) is 19.3 Å². The average Bonchev–Trinajstić information content (AvgIpc) is 2.85. The van der Waals surface area contributed by atoms with Crippen molar-refractivity contribution in [3.05, 3.63) is 121 Å². The van der Waals surface area contributed by atoms with Gasteiger partial charge in [-0.2, -0.15) is 5.10 Å². The van der Waals surface area contributed by atoms with Gasteiger partial charge in [0.15, 0.2) is 0 Å². The van der Waals surface area contributed by atoms with Gasteiger partial charge in [-0.15, -0.1) is 0 Å².